The molecule has 0 radical (unpaired) electrons. The summed E-state index contributed by atoms with van der Waals surface area (Å²) in [6.07, 6.45) is 4.06. The smallest absolute Gasteiger partial charge is 0.121 e. The predicted molar refractivity (Wildman–Crippen MR) is 76.0 cm³/mol. The molecule has 0 saturated heterocycles. The predicted octanol–water partition coefficient (Wildman–Crippen LogP) is 4.25. The average molecular weight is 250 g/mol. The largest absolute Gasteiger partial charge is 0.496 e. The second kappa shape index (κ2) is 7.42. The van der Waals surface area contributed by atoms with Crippen molar-refractivity contribution in [2.75, 3.05) is 7.11 Å². The van der Waals surface area contributed by atoms with E-state index >= 15 is 0 Å². The molecular formula is C16H26O2. The van der Waals surface area contributed by atoms with E-state index in [0.29, 0.717) is 5.92 Å². The van der Waals surface area contributed by atoms with Crippen LogP contribution in [0.3, 0.4) is 0 Å². The number of aliphatic hydroxyl groups is 1. The van der Waals surface area contributed by atoms with Gasteiger partial charge in [-0.05, 0) is 48.9 Å². The van der Waals surface area contributed by atoms with E-state index in [1.165, 1.54) is 0 Å². The van der Waals surface area contributed by atoms with Gasteiger partial charge in [-0.1, -0.05) is 32.8 Å². The van der Waals surface area contributed by atoms with Gasteiger partial charge in [0.25, 0.3) is 0 Å². The molecule has 1 N–H and O–H groups in total. The number of methoxy groups -OCH3 is 1. The lowest BCUT2D eigenvalue weighted by Gasteiger charge is -2.23. The zero-order valence-corrected chi connectivity index (χ0v) is 12.1. The Morgan fingerprint density at radius 3 is 2.22 bits per heavy atom. The van der Waals surface area contributed by atoms with Crippen molar-refractivity contribution in [1.82, 2.24) is 0 Å². The van der Waals surface area contributed by atoms with Gasteiger partial charge in [0.15, 0.2) is 0 Å². The Labute approximate surface area is 111 Å². The van der Waals surface area contributed by atoms with E-state index in [9.17, 15) is 5.11 Å². The third-order valence-corrected chi connectivity index (χ3v) is 3.53. The van der Waals surface area contributed by atoms with Crippen molar-refractivity contribution in [3.63, 3.8) is 0 Å². The van der Waals surface area contributed by atoms with Crippen LogP contribution in [0.4, 0.5) is 0 Å². The first-order chi connectivity index (χ1) is 8.63. The Balaban J connectivity index is 2.86. The molecule has 1 unspecified atom stereocenters. The maximum absolute atomic E-state index is 10.5. The number of aliphatic hydroxyl groups excluding tert-OH is 1. The van der Waals surface area contributed by atoms with E-state index in [4.69, 9.17) is 4.74 Å². The summed E-state index contributed by atoms with van der Waals surface area (Å²) in [6.45, 7) is 6.37. The second-order valence-electron chi connectivity index (χ2n) is 5.01. The quantitative estimate of drug-likeness (QED) is 0.783. The zero-order chi connectivity index (χ0) is 13.5. The summed E-state index contributed by atoms with van der Waals surface area (Å²) < 4.78 is 5.25. The number of benzene rings is 1. The summed E-state index contributed by atoms with van der Waals surface area (Å²) in [6, 6.07) is 5.97. The van der Waals surface area contributed by atoms with Gasteiger partial charge in [0.1, 0.15) is 5.75 Å². The van der Waals surface area contributed by atoms with Gasteiger partial charge in [-0.25, -0.2) is 0 Å². The van der Waals surface area contributed by atoms with Crippen LogP contribution in [0.15, 0.2) is 18.2 Å². The maximum Gasteiger partial charge on any atom is 0.121 e. The van der Waals surface area contributed by atoms with Crippen molar-refractivity contribution in [3.05, 3.63) is 29.3 Å². The molecule has 0 aliphatic rings. The summed E-state index contributed by atoms with van der Waals surface area (Å²) >= 11 is 0. The van der Waals surface area contributed by atoms with Gasteiger partial charge in [-0.2, -0.15) is 0 Å². The summed E-state index contributed by atoms with van der Waals surface area (Å²) in [7, 11) is 1.68. The molecule has 1 rings (SSSR count). The highest BCUT2D eigenvalue weighted by Crippen LogP contribution is 2.31. The Morgan fingerprint density at radius 1 is 1.17 bits per heavy atom. The SMILES string of the molecule is CCCC(CCC)C(O)c1ccc(OC)c(C)c1. The Kier molecular flexibility index (Phi) is 6.20. The van der Waals surface area contributed by atoms with Crippen LogP contribution in [0.25, 0.3) is 0 Å². The van der Waals surface area contributed by atoms with Gasteiger partial charge in [-0.3, -0.25) is 0 Å². The normalized spacial score (nSPS) is 12.8. The molecule has 1 atom stereocenters. The van der Waals surface area contributed by atoms with Crippen molar-refractivity contribution in [3.8, 4) is 5.75 Å². The van der Waals surface area contributed by atoms with E-state index in [1.807, 2.05) is 25.1 Å². The van der Waals surface area contributed by atoms with Crippen LogP contribution in [-0.4, -0.2) is 12.2 Å². The van der Waals surface area contributed by atoms with Crippen molar-refractivity contribution in [1.29, 1.82) is 0 Å². The maximum atomic E-state index is 10.5. The third-order valence-electron chi connectivity index (χ3n) is 3.53. The minimum atomic E-state index is -0.352. The van der Waals surface area contributed by atoms with Crippen LogP contribution in [0.2, 0.25) is 0 Å². The van der Waals surface area contributed by atoms with E-state index in [0.717, 1.165) is 42.6 Å². The topological polar surface area (TPSA) is 29.5 Å². The zero-order valence-electron chi connectivity index (χ0n) is 12.1. The van der Waals surface area contributed by atoms with Gasteiger partial charge in [0.05, 0.1) is 13.2 Å². The van der Waals surface area contributed by atoms with E-state index in [1.54, 1.807) is 7.11 Å². The highest BCUT2D eigenvalue weighted by atomic mass is 16.5. The number of hydrogen-bond donors (Lipinski definition) is 1. The fourth-order valence-corrected chi connectivity index (χ4v) is 2.56. The van der Waals surface area contributed by atoms with E-state index in [2.05, 4.69) is 13.8 Å². The second-order valence-corrected chi connectivity index (χ2v) is 5.01. The molecule has 0 aliphatic carbocycles. The molecule has 2 nitrogen and oxygen atoms in total. The first-order valence-electron chi connectivity index (χ1n) is 6.96. The average Bonchev–Trinajstić information content (AvgIpc) is 2.37. The van der Waals surface area contributed by atoms with Gasteiger partial charge in [0.2, 0.25) is 0 Å². The van der Waals surface area contributed by atoms with Gasteiger partial charge in [-0.15, -0.1) is 0 Å². The number of hydrogen-bond acceptors (Lipinski definition) is 2. The van der Waals surface area contributed by atoms with Crippen LogP contribution in [-0.2, 0) is 0 Å². The van der Waals surface area contributed by atoms with Crippen LogP contribution in [0.1, 0.15) is 56.8 Å². The molecule has 0 bridgehead atoms. The molecular weight excluding hydrogens is 224 g/mol. The molecule has 0 heterocycles. The minimum Gasteiger partial charge on any atom is -0.496 e. The van der Waals surface area contributed by atoms with E-state index in [-0.39, 0.29) is 6.10 Å². The van der Waals surface area contributed by atoms with E-state index < -0.39 is 0 Å². The van der Waals surface area contributed by atoms with Crippen LogP contribution >= 0.6 is 0 Å². The molecule has 0 aromatic heterocycles. The summed E-state index contributed by atoms with van der Waals surface area (Å²) in [5.41, 5.74) is 2.10. The molecule has 0 amide bonds. The first-order valence-corrected chi connectivity index (χ1v) is 6.96. The Hall–Kier alpha value is -1.02. The van der Waals surface area contributed by atoms with Gasteiger partial charge < -0.3 is 9.84 Å². The molecule has 18 heavy (non-hydrogen) atoms. The van der Waals surface area contributed by atoms with Gasteiger partial charge >= 0.3 is 0 Å². The number of ether oxygens (including phenoxy) is 1. The molecule has 0 aliphatic heterocycles. The molecule has 0 saturated carbocycles. The molecule has 2 heteroatoms. The minimum absolute atomic E-state index is 0.352. The Bertz CT molecular complexity index is 354. The monoisotopic (exact) mass is 250 g/mol. The number of rotatable bonds is 7. The van der Waals surface area contributed by atoms with Crippen molar-refractivity contribution in [2.45, 2.75) is 52.6 Å². The van der Waals surface area contributed by atoms with Crippen molar-refractivity contribution in [2.24, 2.45) is 5.92 Å². The summed E-state index contributed by atoms with van der Waals surface area (Å²) in [5.74, 6) is 1.25. The number of aryl methyl sites for hydroxylation is 1. The summed E-state index contributed by atoms with van der Waals surface area (Å²) in [4.78, 5) is 0. The highest BCUT2D eigenvalue weighted by Gasteiger charge is 2.19. The van der Waals surface area contributed by atoms with Crippen molar-refractivity contribution < 1.29 is 9.84 Å². The lowest BCUT2D eigenvalue weighted by Crippen LogP contribution is -2.12. The van der Waals surface area contributed by atoms with Crippen LogP contribution in [0.5, 0.6) is 5.75 Å². The third kappa shape index (κ3) is 3.74. The highest BCUT2D eigenvalue weighted by molar-refractivity contribution is 5.37. The first kappa shape index (κ1) is 15.0. The molecule has 0 spiro atoms. The molecule has 0 fully saturated rings. The van der Waals surface area contributed by atoms with Crippen LogP contribution < -0.4 is 4.74 Å². The fourth-order valence-electron chi connectivity index (χ4n) is 2.56. The molecule has 1 aromatic carbocycles. The van der Waals surface area contributed by atoms with Gasteiger partial charge in [0, 0.05) is 0 Å². The molecule has 1 aromatic rings. The lowest BCUT2D eigenvalue weighted by atomic mass is 9.88. The fraction of sp³-hybridized carbons (Fsp3) is 0.625. The lowest BCUT2D eigenvalue weighted by molar-refractivity contribution is 0.0963. The van der Waals surface area contributed by atoms with Crippen LogP contribution in [0, 0.1) is 12.8 Å². The Morgan fingerprint density at radius 2 is 1.78 bits per heavy atom. The summed E-state index contributed by atoms with van der Waals surface area (Å²) in [5, 5.41) is 10.5. The standard InChI is InChI=1S/C16H26O2/c1-5-7-13(8-6-2)16(17)14-9-10-15(18-4)12(3)11-14/h9-11,13,16-17H,5-8H2,1-4H3. The molecule has 102 valence electrons. The van der Waals surface area contributed by atoms with Crippen molar-refractivity contribution >= 4 is 0 Å².